The van der Waals surface area contributed by atoms with Crippen LogP contribution >= 0.6 is 7.82 Å². The third kappa shape index (κ3) is 14.1. The molecular formula is C14H23O8P. The summed E-state index contributed by atoms with van der Waals surface area (Å²) in [7, 11) is -4.53. The van der Waals surface area contributed by atoms with Crippen LogP contribution in [0.3, 0.4) is 0 Å². The van der Waals surface area contributed by atoms with Crippen molar-refractivity contribution in [1.82, 2.24) is 0 Å². The first-order valence-corrected chi connectivity index (χ1v) is 8.54. The van der Waals surface area contributed by atoms with E-state index < -0.39 is 20.3 Å². The number of benzene rings is 1. The van der Waals surface area contributed by atoms with Crippen LogP contribution in [0.15, 0.2) is 30.3 Å². The monoisotopic (exact) mass is 350 g/mol. The fraction of sp³-hybridized carbons (Fsp3) is 0.500. The van der Waals surface area contributed by atoms with Crippen molar-refractivity contribution < 1.29 is 38.3 Å². The van der Waals surface area contributed by atoms with E-state index in [2.05, 4.69) is 4.52 Å². The molecule has 0 bridgehead atoms. The minimum absolute atomic E-state index is 0.212. The van der Waals surface area contributed by atoms with Crippen molar-refractivity contribution in [2.24, 2.45) is 0 Å². The highest BCUT2D eigenvalue weighted by atomic mass is 31.2. The van der Waals surface area contributed by atoms with Crippen LogP contribution in [0.4, 0.5) is 0 Å². The summed E-state index contributed by atoms with van der Waals surface area (Å²) in [5.74, 6) is -0.742. The van der Waals surface area contributed by atoms with Crippen LogP contribution in [0, 0.1) is 0 Å². The molecule has 9 heteroatoms. The molecule has 0 fully saturated rings. The highest BCUT2D eigenvalue weighted by Gasteiger charge is 2.22. The first-order chi connectivity index (χ1) is 10.8. The van der Waals surface area contributed by atoms with E-state index in [0.717, 1.165) is 5.56 Å². The number of hydrogen-bond donors (Lipinski definition) is 3. The highest BCUT2D eigenvalue weighted by molar-refractivity contribution is 7.46. The number of rotatable bonds is 9. The number of hydrogen-bond acceptors (Lipinski definition) is 5. The Hall–Kier alpha value is -1.28. The standard InChI is InChI=1S/C9H10O2.C5H13O6P/c10-9(11)7-6-8-4-2-1-3-5-8;1-3-9-5(10-4-2)11-12(6,7)8/h1-5H,6-7H2,(H,10,11);5H,3-4H2,1-2H3,(H2,6,7,8). The van der Waals surface area contributed by atoms with Gasteiger partial charge in [0.2, 0.25) is 0 Å². The maximum absolute atomic E-state index is 10.3. The van der Waals surface area contributed by atoms with Crippen LogP contribution < -0.4 is 0 Å². The quantitative estimate of drug-likeness (QED) is 0.457. The van der Waals surface area contributed by atoms with Gasteiger partial charge in [-0.3, -0.25) is 4.79 Å². The lowest BCUT2D eigenvalue weighted by atomic mass is 10.1. The van der Waals surface area contributed by atoms with Gasteiger partial charge >= 0.3 is 13.8 Å². The largest absolute Gasteiger partial charge is 0.481 e. The van der Waals surface area contributed by atoms with Crippen LogP contribution in [0.25, 0.3) is 0 Å². The van der Waals surface area contributed by atoms with Gasteiger partial charge in [-0.05, 0) is 25.8 Å². The molecule has 1 aromatic rings. The number of carboxylic acid groups (broad SMARTS) is 1. The van der Waals surface area contributed by atoms with Gasteiger partial charge in [-0.1, -0.05) is 30.3 Å². The van der Waals surface area contributed by atoms with Crippen LogP contribution in [0.1, 0.15) is 25.8 Å². The second kappa shape index (κ2) is 12.2. The summed E-state index contributed by atoms with van der Waals surface area (Å²) in [4.78, 5) is 26.9. The number of carboxylic acids is 1. The second-order valence-corrected chi connectivity index (χ2v) is 5.37. The summed E-state index contributed by atoms with van der Waals surface area (Å²) in [5, 5.41) is 8.37. The predicted octanol–water partition coefficient (Wildman–Crippen LogP) is 2.16. The smallest absolute Gasteiger partial charge is 0.473 e. The summed E-state index contributed by atoms with van der Waals surface area (Å²) < 4.78 is 23.9. The SMILES string of the molecule is CCOC(OCC)OP(=O)(O)O.O=C(O)CCc1ccccc1. The fourth-order valence-electron chi connectivity index (χ4n) is 1.39. The lowest BCUT2D eigenvalue weighted by molar-refractivity contribution is -0.248. The zero-order chi connectivity index (χ0) is 17.7. The summed E-state index contributed by atoms with van der Waals surface area (Å²) in [6.07, 6.45) is 0.834. The van der Waals surface area contributed by atoms with Crippen LogP contribution in [-0.2, 0) is 29.8 Å². The Labute approximate surface area is 135 Å². The Kier molecular flexibility index (Phi) is 11.5. The molecule has 8 nitrogen and oxygen atoms in total. The fourth-order valence-corrected chi connectivity index (χ4v) is 1.74. The Morgan fingerprint density at radius 2 is 1.65 bits per heavy atom. The molecule has 0 amide bonds. The average molecular weight is 350 g/mol. The van der Waals surface area contributed by atoms with Gasteiger partial charge in [-0.2, -0.15) is 0 Å². The Bertz CT molecular complexity index is 467. The topological polar surface area (TPSA) is 123 Å². The second-order valence-electron chi connectivity index (χ2n) is 4.17. The number of phosphoric ester groups is 1. The van der Waals surface area contributed by atoms with Gasteiger partial charge in [-0.25, -0.2) is 9.09 Å². The highest BCUT2D eigenvalue weighted by Crippen LogP contribution is 2.37. The third-order valence-electron chi connectivity index (χ3n) is 2.30. The minimum atomic E-state index is -4.53. The summed E-state index contributed by atoms with van der Waals surface area (Å²) in [5.41, 5.74) is 1.08. The Morgan fingerprint density at radius 1 is 1.13 bits per heavy atom. The number of carbonyl (C=O) groups is 1. The lowest BCUT2D eigenvalue weighted by Gasteiger charge is -2.16. The number of aliphatic carboxylic acids is 1. The first kappa shape index (κ1) is 21.7. The maximum Gasteiger partial charge on any atom is 0.473 e. The van der Waals surface area contributed by atoms with Crippen molar-refractivity contribution in [2.45, 2.75) is 33.2 Å². The van der Waals surface area contributed by atoms with Gasteiger partial charge in [0, 0.05) is 19.6 Å². The molecular weight excluding hydrogens is 327 g/mol. The van der Waals surface area contributed by atoms with E-state index in [9.17, 15) is 9.36 Å². The molecule has 0 aliphatic carbocycles. The van der Waals surface area contributed by atoms with Crippen LogP contribution in [0.2, 0.25) is 0 Å². The van der Waals surface area contributed by atoms with Crippen LogP contribution in [0.5, 0.6) is 0 Å². The maximum atomic E-state index is 10.3. The van der Waals surface area contributed by atoms with Gasteiger partial charge in [0.25, 0.3) is 6.48 Å². The van der Waals surface area contributed by atoms with E-state index in [1.54, 1.807) is 13.8 Å². The molecule has 132 valence electrons. The van der Waals surface area contributed by atoms with Crippen molar-refractivity contribution in [2.75, 3.05) is 13.2 Å². The molecule has 0 aliphatic rings. The lowest BCUT2D eigenvalue weighted by Crippen LogP contribution is -2.19. The molecule has 0 heterocycles. The van der Waals surface area contributed by atoms with Crippen molar-refractivity contribution in [3.05, 3.63) is 35.9 Å². The van der Waals surface area contributed by atoms with Gasteiger partial charge in [0.15, 0.2) is 0 Å². The van der Waals surface area contributed by atoms with Crippen molar-refractivity contribution in [3.63, 3.8) is 0 Å². The summed E-state index contributed by atoms with van der Waals surface area (Å²) >= 11 is 0. The molecule has 0 spiro atoms. The van der Waals surface area contributed by atoms with E-state index in [4.69, 9.17) is 24.4 Å². The summed E-state index contributed by atoms with van der Waals surface area (Å²) in [6.45, 7) is 2.54. The van der Waals surface area contributed by atoms with Gasteiger partial charge < -0.3 is 24.4 Å². The minimum Gasteiger partial charge on any atom is -0.481 e. The first-order valence-electron chi connectivity index (χ1n) is 7.01. The third-order valence-corrected chi connectivity index (χ3v) is 2.75. The molecule has 0 saturated heterocycles. The molecule has 1 rings (SSSR count). The zero-order valence-corrected chi connectivity index (χ0v) is 14.0. The van der Waals surface area contributed by atoms with E-state index in [1.807, 2.05) is 30.3 Å². The van der Waals surface area contributed by atoms with E-state index in [-0.39, 0.29) is 19.6 Å². The summed E-state index contributed by atoms with van der Waals surface area (Å²) in [6, 6.07) is 9.62. The van der Waals surface area contributed by atoms with E-state index in [1.165, 1.54) is 0 Å². The Morgan fingerprint density at radius 3 is 2.04 bits per heavy atom. The Balaban J connectivity index is 0.000000422. The average Bonchev–Trinajstić information content (AvgIpc) is 2.46. The van der Waals surface area contributed by atoms with Gasteiger partial charge in [-0.15, -0.1) is 0 Å². The molecule has 23 heavy (non-hydrogen) atoms. The number of aryl methyl sites for hydroxylation is 1. The molecule has 1 aromatic carbocycles. The van der Waals surface area contributed by atoms with E-state index in [0.29, 0.717) is 6.42 Å². The van der Waals surface area contributed by atoms with Crippen molar-refractivity contribution in [1.29, 1.82) is 0 Å². The molecule has 0 radical (unpaired) electrons. The molecule has 0 aromatic heterocycles. The molecule has 0 atom stereocenters. The number of phosphoric acid groups is 1. The van der Waals surface area contributed by atoms with Crippen molar-refractivity contribution in [3.8, 4) is 0 Å². The normalized spacial score (nSPS) is 11.0. The zero-order valence-electron chi connectivity index (χ0n) is 13.1. The molecule has 3 N–H and O–H groups in total. The van der Waals surface area contributed by atoms with Gasteiger partial charge in [0.1, 0.15) is 0 Å². The molecule has 0 aliphatic heterocycles. The molecule has 0 saturated carbocycles. The number of ether oxygens (including phenoxy) is 2. The van der Waals surface area contributed by atoms with Crippen LogP contribution in [-0.4, -0.2) is 40.6 Å². The van der Waals surface area contributed by atoms with Crippen molar-refractivity contribution >= 4 is 13.8 Å². The van der Waals surface area contributed by atoms with E-state index >= 15 is 0 Å². The molecule has 0 unspecified atom stereocenters. The predicted molar refractivity (Wildman–Crippen MR) is 82.6 cm³/mol. The van der Waals surface area contributed by atoms with Gasteiger partial charge in [0.05, 0.1) is 0 Å².